The highest BCUT2D eigenvalue weighted by molar-refractivity contribution is 5.82. The Morgan fingerprint density at radius 3 is 2.53 bits per heavy atom. The van der Waals surface area contributed by atoms with Gasteiger partial charge in [0.25, 0.3) is 0 Å². The zero-order valence-corrected chi connectivity index (χ0v) is 7.56. The molecule has 1 rings (SSSR count). The minimum Gasteiger partial charge on any atom is -0.340 e. The minimum atomic E-state index is -5.05. The Morgan fingerprint density at radius 1 is 1.40 bits per heavy atom. The topological polar surface area (TPSA) is 67.4 Å². The molecule has 1 aliphatic rings. The van der Waals surface area contributed by atoms with Crippen molar-refractivity contribution in [2.24, 2.45) is 5.92 Å². The molecule has 5 nitrogen and oxygen atoms in total. The number of rotatable bonds is 1. The highest BCUT2D eigenvalue weighted by Gasteiger charge is 2.40. The molecule has 1 atom stereocenters. The molecule has 1 saturated heterocycles. The molecule has 0 aromatic heterocycles. The number of alkyl halides is 3. The summed E-state index contributed by atoms with van der Waals surface area (Å²) in [5.74, 6) is -3.65. The first-order chi connectivity index (χ1) is 6.91. The summed E-state index contributed by atoms with van der Waals surface area (Å²) in [5.41, 5.74) is 1.06. The molecule has 86 valence electrons. The van der Waals surface area contributed by atoms with E-state index in [2.05, 4.69) is 10.2 Å². The molecule has 2 N–H and O–H groups in total. The Kier molecular flexibility index (Phi) is 3.51. The molecule has 0 saturated carbocycles. The SMILES string of the molecule is O=C(ONC(=O)C(F)(F)F)C1CCNC1. The van der Waals surface area contributed by atoms with Gasteiger partial charge in [-0.25, -0.2) is 4.79 Å². The second-order valence-corrected chi connectivity index (χ2v) is 3.04. The normalized spacial score (nSPS) is 21.1. The molecular formula is C7H9F3N2O3. The summed E-state index contributed by atoms with van der Waals surface area (Å²) in [4.78, 5) is 25.3. The number of carbonyl (C=O) groups excluding carboxylic acids is 2. The lowest BCUT2D eigenvalue weighted by Gasteiger charge is -2.10. The first-order valence-electron chi connectivity index (χ1n) is 4.20. The molecule has 15 heavy (non-hydrogen) atoms. The van der Waals surface area contributed by atoms with Gasteiger partial charge in [0.15, 0.2) is 0 Å². The van der Waals surface area contributed by atoms with Crippen LogP contribution in [0.3, 0.4) is 0 Å². The van der Waals surface area contributed by atoms with Gasteiger partial charge in [0.2, 0.25) is 0 Å². The number of amides is 1. The predicted molar refractivity (Wildman–Crippen MR) is 41.3 cm³/mol. The van der Waals surface area contributed by atoms with Crippen molar-refractivity contribution in [1.82, 2.24) is 10.8 Å². The van der Waals surface area contributed by atoms with Gasteiger partial charge in [-0.2, -0.15) is 18.7 Å². The van der Waals surface area contributed by atoms with Crippen molar-refractivity contribution in [3.8, 4) is 0 Å². The quantitative estimate of drug-likeness (QED) is 0.604. The number of nitrogens with one attached hydrogen (secondary N) is 2. The van der Waals surface area contributed by atoms with E-state index in [1.165, 1.54) is 0 Å². The summed E-state index contributed by atoms with van der Waals surface area (Å²) >= 11 is 0. The molecule has 0 bridgehead atoms. The lowest BCUT2D eigenvalue weighted by atomic mass is 10.1. The van der Waals surface area contributed by atoms with Crippen molar-refractivity contribution < 1.29 is 27.6 Å². The lowest BCUT2D eigenvalue weighted by Crippen LogP contribution is -2.39. The highest BCUT2D eigenvalue weighted by Crippen LogP contribution is 2.14. The fourth-order valence-electron chi connectivity index (χ4n) is 1.09. The number of hydrogen-bond acceptors (Lipinski definition) is 4. The van der Waals surface area contributed by atoms with Gasteiger partial charge in [-0.15, -0.1) is 0 Å². The summed E-state index contributed by atoms with van der Waals surface area (Å²) < 4.78 is 35.0. The summed E-state index contributed by atoms with van der Waals surface area (Å²) in [6.45, 7) is 0.952. The van der Waals surface area contributed by atoms with Gasteiger partial charge in [0, 0.05) is 6.54 Å². The smallest absolute Gasteiger partial charge is 0.340 e. The van der Waals surface area contributed by atoms with E-state index in [9.17, 15) is 22.8 Å². The second kappa shape index (κ2) is 4.47. The van der Waals surface area contributed by atoms with Crippen LogP contribution >= 0.6 is 0 Å². The van der Waals surface area contributed by atoms with Crippen LogP contribution in [0.25, 0.3) is 0 Å². The van der Waals surface area contributed by atoms with E-state index >= 15 is 0 Å². The van der Waals surface area contributed by atoms with Gasteiger partial charge in [0.05, 0.1) is 5.92 Å². The molecule has 1 amide bonds. The molecule has 0 aliphatic carbocycles. The Balaban J connectivity index is 2.30. The molecule has 1 heterocycles. The van der Waals surface area contributed by atoms with Crippen molar-refractivity contribution in [3.63, 3.8) is 0 Å². The molecule has 0 spiro atoms. The van der Waals surface area contributed by atoms with E-state index in [4.69, 9.17) is 0 Å². The van der Waals surface area contributed by atoms with Gasteiger partial charge in [-0.05, 0) is 13.0 Å². The Labute approximate surface area is 82.9 Å². The van der Waals surface area contributed by atoms with Crippen LogP contribution in [0.5, 0.6) is 0 Å². The average molecular weight is 226 g/mol. The molecule has 8 heteroatoms. The largest absolute Gasteiger partial charge is 0.474 e. The third kappa shape index (κ3) is 3.39. The maximum absolute atomic E-state index is 11.7. The molecule has 0 aromatic carbocycles. The second-order valence-electron chi connectivity index (χ2n) is 3.04. The monoisotopic (exact) mass is 226 g/mol. The van der Waals surface area contributed by atoms with E-state index in [0.717, 1.165) is 5.48 Å². The summed E-state index contributed by atoms with van der Waals surface area (Å²) in [6.07, 6.45) is -4.56. The van der Waals surface area contributed by atoms with Gasteiger partial charge >= 0.3 is 18.1 Å². The molecule has 0 aromatic rings. The van der Waals surface area contributed by atoms with Crippen LogP contribution in [0.15, 0.2) is 0 Å². The van der Waals surface area contributed by atoms with Gasteiger partial charge in [0.1, 0.15) is 0 Å². The molecular weight excluding hydrogens is 217 g/mol. The lowest BCUT2D eigenvalue weighted by molar-refractivity contribution is -0.190. The van der Waals surface area contributed by atoms with Crippen molar-refractivity contribution in [2.45, 2.75) is 12.6 Å². The number of carbonyl (C=O) groups is 2. The Bertz CT molecular complexity index is 261. The predicted octanol–water partition coefficient (Wildman–Crippen LogP) is -0.267. The fraction of sp³-hybridized carbons (Fsp3) is 0.714. The summed E-state index contributed by atoms with van der Waals surface area (Å²) in [7, 11) is 0. The number of halogens is 3. The van der Waals surface area contributed by atoms with Crippen LogP contribution in [0, 0.1) is 5.92 Å². The van der Waals surface area contributed by atoms with Crippen molar-refractivity contribution >= 4 is 11.9 Å². The average Bonchev–Trinajstić information content (AvgIpc) is 2.64. The number of hydrogen-bond donors (Lipinski definition) is 2. The van der Waals surface area contributed by atoms with Crippen molar-refractivity contribution in [3.05, 3.63) is 0 Å². The third-order valence-corrected chi connectivity index (χ3v) is 1.90. The molecule has 1 unspecified atom stereocenters. The van der Waals surface area contributed by atoms with Crippen molar-refractivity contribution in [2.75, 3.05) is 13.1 Å². The van der Waals surface area contributed by atoms with E-state index in [1.54, 1.807) is 0 Å². The minimum absolute atomic E-state index is 0.348. The van der Waals surface area contributed by atoms with E-state index in [-0.39, 0.29) is 0 Å². The fourth-order valence-corrected chi connectivity index (χ4v) is 1.09. The number of hydroxylamine groups is 1. The molecule has 1 aliphatic heterocycles. The van der Waals surface area contributed by atoms with E-state index in [1.807, 2.05) is 0 Å². The van der Waals surface area contributed by atoms with E-state index < -0.39 is 24.0 Å². The zero-order chi connectivity index (χ0) is 11.5. The standard InChI is InChI=1S/C7H9F3N2O3/c8-7(9,10)6(14)12-15-5(13)4-1-2-11-3-4/h4,11H,1-3H2,(H,12,14). The van der Waals surface area contributed by atoms with Crippen LogP contribution in [0.4, 0.5) is 13.2 Å². The summed E-state index contributed by atoms with van der Waals surface area (Å²) in [6, 6.07) is 0. The van der Waals surface area contributed by atoms with Crippen LogP contribution in [-0.4, -0.2) is 31.1 Å². The summed E-state index contributed by atoms with van der Waals surface area (Å²) in [5, 5.41) is 2.84. The first kappa shape index (κ1) is 11.8. The van der Waals surface area contributed by atoms with Gasteiger partial charge in [-0.3, -0.25) is 4.79 Å². The van der Waals surface area contributed by atoms with Crippen LogP contribution in [0.2, 0.25) is 0 Å². The highest BCUT2D eigenvalue weighted by atomic mass is 19.4. The van der Waals surface area contributed by atoms with Gasteiger partial charge in [-0.1, -0.05) is 0 Å². The van der Waals surface area contributed by atoms with Crippen molar-refractivity contribution in [1.29, 1.82) is 0 Å². The first-order valence-corrected chi connectivity index (χ1v) is 4.20. The Morgan fingerprint density at radius 2 is 2.07 bits per heavy atom. The Hall–Kier alpha value is -1.31. The van der Waals surface area contributed by atoms with Crippen LogP contribution in [-0.2, 0) is 14.4 Å². The van der Waals surface area contributed by atoms with Crippen LogP contribution in [0.1, 0.15) is 6.42 Å². The third-order valence-electron chi connectivity index (χ3n) is 1.90. The van der Waals surface area contributed by atoms with E-state index in [0.29, 0.717) is 19.5 Å². The maximum Gasteiger partial charge on any atom is 0.474 e. The molecule has 1 fully saturated rings. The molecule has 0 radical (unpaired) electrons. The maximum atomic E-state index is 11.7. The van der Waals surface area contributed by atoms with Crippen LogP contribution < -0.4 is 10.8 Å². The van der Waals surface area contributed by atoms with Gasteiger partial charge < -0.3 is 10.2 Å². The zero-order valence-electron chi connectivity index (χ0n) is 7.56.